The number of rotatable bonds is 1. The van der Waals surface area contributed by atoms with Crippen LogP contribution >= 0.6 is 11.6 Å². The Bertz CT molecular complexity index is 207. The van der Waals surface area contributed by atoms with Crippen molar-refractivity contribution in [3.05, 3.63) is 30.1 Å². The first-order chi connectivity index (χ1) is 4.61. The second-order valence-corrected chi connectivity index (χ2v) is 2.46. The van der Waals surface area contributed by atoms with Crippen LogP contribution in [0.25, 0.3) is 0 Å². The Morgan fingerprint density at radius 1 is 1.60 bits per heavy atom. The highest BCUT2D eigenvalue weighted by atomic mass is 35.5. The number of hydrogen-bond acceptors (Lipinski definition) is 3. The third-order valence-corrected chi connectivity index (χ3v) is 1.22. The van der Waals surface area contributed by atoms with E-state index in [0.717, 1.165) is 0 Å². The predicted molar refractivity (Wildman–Crippen MR) is 38.2 cm³/mol. The van der Waals surface area contributed by atoms with E-state index in [2.05, 4.69) is 4.98 Å². The molecule has 3 nitrogen and oxygen atoms in total. The lowest BCUT2D eigenvalue weighted by Gasteiger charge is -2.11. The van der Waals surface area contributed by atoms with Gasteiger partial charge in [-0.25, -0.2) is 0 Å². The summed E-state index contributed by atoms with van der Waals surface area (Å²) in [7, 11) is 0. The van der Waals surface area contributed by atoms with Gasteiger partial charge in [-0.2, -0.15) is 0 Å². The predicted octanol–water partition coefficient (Wildman–Crippen LogP) is 0.382. The van der Waals surface area contributed by atoms with Crippen LogP contribution in [0.3, 0.4) is 0 Å². The van der Waals surface area contributed by atoms with Gasteiger partial charge in [-0.05, 0) is 12.1 Å². The molecular weight excluding hydrogens is 152 g/mol. The topological polar surface area (TPSA) is 59.1 Å². The second-order valence-electron chi connectivity index (χ2n) is 1.89. The maximum Gasteiger partial charge on any atom is 0.235 e. The standard InChI is InChI=1S/C6H7ClN2O/c7-6(8,10)5-3-1-2-4-9-5/h1-4,10H,8H2. The average molecular weight is 159 g/mol. The molecule has 0 radical (unpaired) electrons. The lowest BCUT2D eigenvalue weighted by molar-refractivity contribution is 0.132. The molecule has 0 aliphatic carbocycles. The molecule has 0 aliphatic rings. The summed E-state index contributed by atoms with van der Waals surface area (Å²) < 4.78 is 0. The van der Waals surface area contributed by atoms with Crippen LogP contribution in [0.15, 0.2) is 24.4 Å². The van der Waals surface area contributed by atoms with Crippen molar-refractivity contribution in [2.75, 3.05) is 0 Å². The van der Waals surface area contributed by atoms with Crippen molar-refractivity contribution in [1.82, 2.24) is 4.98 Å². The Labute approximate surface area is 63.5 Å². The van der Waals surface area contributed by atoms with Crippen LogP contribution in [0.1, 0.15) is 5.69 Å². The highest BCUT2D eigenvalue weighted by Gasteiger charge is 2.20. The van der Waals surface area contributed by atoms with Gasteiger partial charge in [0.15, 0.2) is 0 Å². The molecule has 1 aromatic rings. The maximum atomic E-state index is 8.97. The van der Waals surface area contributed by atoms with E-state index in [9.17, 15) is 0 Å². The van der Waals surface area contributed by atoms with Gasteiger partial charge in [-0.15, -0.1) is 0 Å². The summed E-state index contributed by atoms with van der Waals surface area (Å²) in [6.07, 6.45) is 1.51. The number of nitrogens with two attached hydrogens (primary N) is 1. The molecule has 0 amide bonds. The van der Waals surface area contributed by atoms with E-state index < -0.39 is 5.18 Å². The molecule has 54 valence electrons. The van der Waals surface area contributed by atoms with Crippen molar-refractivity contribution in [3.63, 3.8) is 0 Å². The Morgan fingerprint density at radius 2 is 2.30 bits per heavy atom. The third kappa shape index (κ3) is 1.67. The summed E-state index contributed by atoms with van der Waals surface area (Å²) >= 11 is 5.33. The number of pyridine rings is 1. The fourth-order valence-electron chi connectivity index (χ4n) is 0.570. The van der Waals surface area contributed by atoms with Gasteiger partial charge in [0, 0.05) is 6.20 Å². The first-order valence-electron chi connectivity index (χ1n) is 2.72. The zero-order valence-electron chi connectivity index (χ0n) is 5.16. The Balaban J connectivity index is 2.97. The Morgan fingerprint density at radius 3 is 2.60 bits per heavy atom. The third-order valence-electron chi connectivity index (χ3n) is 1.02. The fourth-order valence-corrected chi connectivity index (χ4v) is 0.682. The minimum absolute atomic E-state index is 0.247. The molecule has 4 heteroatoms. The van der Waals surface area contributed by atoms with Crippen molar-refractivity contribution in [2.24, 2.45) is 5.73 Å². The summed E-state index contributed by atoms with van der Waals surface area (Å²) in [6.45, 7) is 0. The molecule has 0 saturated heterocycles. The molecule has 10 heavy (non-hydrogen) atoms. The van der Waals surface area contributed by atoms with E-state index in [1.54, 1.807) is 18.2 Å². The number of alkyl halides is 1. The van der Waals surface area contributed by atoms with Crippen LogP contribution < -0.4 is 5.73 Å². The number of halogens is 1. The van der Waals surface area contributed by atoms with Crippen LogP contribution in [0, 0.1) is 0 Å². The van der Waals surface area contributed by atoms with E-state index in [4.69, 9.17) is 22.4 Å². The van der Waals surface area contributed by atoms with E-state index in [-0.39, 0.29) is 5.69 Å². The molecule has 3 N–H and O–H groups in total. The molecular formula is C6H7ClN2O. The van der Waals surface area contributed by atoms with E-state index in [0.29, 0.717) is 0 Å². The molecule has 0 aromatic carbocycles. The van der Waals surface area contributed by atoms with Gasteiger partial charge in [0.25, 0.3) is 0 Å². The first-order valence-corrected chi connectivity index (χ1v) is 3.10. The Hall–Kier alpha value is -0.640. The zero-order valence-corrected chi connectivity index (χ0v) is 5.92. The lowest BCUT2D eigenvalue weighted by Crippen LogP contribution is -2.30. The second kappa shape index (κ2) is 2.54. The lowest BCUT2D eigenvalue weighted by atomic mass is 10.3. The molecule has 0 bridgehead atoms. The summed E-state index contributed by atoms with van der Waals surface area (Å²) in [6, 6.07) is 4.96. The number of hydrogen-bond donors (Lipinski definition) is 2. The largest absolute Gasteiger partial charge is 0.358 e. The van der Waals surface area contributed by atoms with Gasteiger partial charge >= 0.3 is 0 Å². The minimum Gasteiger partial charge on any atom is -0.358 e. The zero-order chi connectivity index (χ0) is 7.61. The minimum atomic E-state index is -1.85. The quantitative estimate of drug-likeness (QED) is 0.353. The summed E-state index contributed by atoms with van der Waals surface area (Å²) in [5.41, 5.74) is 5.36. The van der Waals surface area contributed by atoms with E-state index in [1.807, 2.05) is 0 Å². The fraction of sp³-hybridized carbons (Fsp3) is 0.167. The van der Waals surface area contributed by atoms with Crippen molar-refractivity contribution in [2.45, 2.75) is 5.18 Å². The SMILES string of the molecule is NC(O)(Cl)c1ccccn1. The first kappa shape index (κ1) is 7.47. The molecule has 0 saturated carbocycles. The van der Waals surface area contributed by atoms with Crippen molar-refractivity contribution in [1.29, 1.82) is 0 Å². The van der Waals surface area contributed by atoms with E-state index in [1.165, 1.54) is 6.20 Å². The van der Waals surface area contributed by atoms with E-state index >= 15 is 0 Å². The number of aromatic nitrogens is 1. The van der Waals surface area contributed by atoms with Crippen LogP contribution in [0.5, 0.6) is 0 Å². The monoisotopic (exact) mass is 158 g/mol. The molecule has 1 heterocycles. The normalized spacial score (nSPS) is 16.3. The molecule has 0 aliphatic heterocycles. The highest BCUT2D eigenvalue weighted by Crippen LogP contribution is 2.15. The van der Waals surface area contributed by atoms with Gasteiger partial charge in [-0.3, -0.25) is 10.7 Å². The smallest absolute Gasteiger partial charge is 0.235 e. The van der Waals surface area contributed by atoms with Crippen LogP contribution in [-0.4, -0.2) is 10.1 Å². The van der Waals surface area contributed by atoms with Crippen molar-refractivity contribution >= 4 is 11.6 Å². The van der Waals surface area contributed by atoms with Gasteiger partial charge in [0.05, 0.1) is 0 Å². The van der Waals surface area contributed by atoms with Gasteiger partial charge in [0.1, 0.15) is 5.69 Å². The van der Waals surface area contributed by atoms with Gasteiger partial charge in [0.2, 0.25) is 5.18 Å². The average Bonchev–Trinajstić information content (AvgIpc) is 1.88. The molecule has 0 spiro atoms. The number of aliphatic hydroxyl groups is 1. The van der Waals surface area contributed by atoms with Gasteiger partial charge < -0.3 is 5.11 Å². The number of nitrogens with zero attached hydrogens (tertiary/aromatic N) is 1. The summed E-state index contributed by atoms with van der Waals surface area (Å²) in [5, 5.41) is 7.12. The van der Waals surface area contributed by atoms with Crippen molar-refractivity contribution in [3.8, 4) is 0 Å². The van der Waals surface area contributed by atoms with Crippen molar-refractivity contribution < 1.29 is 5.11 Å². The maximum absolute atomic E-state index is 8.97. The van der Waals surface area contributed by atoms with Crippen LogP contribution in [-0.2, 0) is 5.18 Å². The molecule has 1 rings (SSSR count). The summed E-state index contributed by atoms with van der Waals surface area (Å²) in [4.78, 5) is 3.74. The Kier molecular flexibility index (Phi) is 1.89. The molecule has 1 atom stereocenters. The highest BCUT2D eigenvalue weighted by molar-refractivity contribution is 6.22. The molecule has 1 aromatic heterocycles. The van der Waals surface area contributed by atoms with Crippen LogP contribution in [0.4, 0.5) is 0 Å². The van der Waals surface area contributed by atoms with Crippen LogP contribution in [0.2, 0.25) is 0 Å². The molecule has 1 unspecified atom stereocenters. The summed E-state index contributed by atoms with van der Waals surface area (Å²) in [5.74, 6) is 0. The molecule has 0 fully saturated rings. The van der Waals surface area contributed by atoms with Gasteiger partial charge in [-0.1, -0.05) is 17.7 Å².